The van der Waals surface area contributed by atoms with Crippen molar-refractivity contribution >= 4 is 73.8 Å². The maximum absolute atomic E-state index is 13.4. The summed E-state index contributed by atoms with van der Waals surface area (Å²) in [6.45, 7) is 7.25. The van der Waals surface area contributed by atoms with Crippen LogP contribution in [0.15, 0.2) is 85.1 Å². The standard InChI is InChI=1S/C37H43N6O7PS/c1-37(2,3)23-19-29(35(49-6)30(20-23)42-52(8,47)48)41-36(44)40-28-14-15-32(27-12-10-9-11-26(27)28)50-25-17-18-38-34(22-25)39-24-13-16-33(51(7,45)46)31(21-24)43(4)5/h9-22,42H,1-8H3,(H,38,39)(H,45,46)(H2,40,41,44). The zero-order valence-corrected chi connectivity index (χ0v) is 31.9. The summed E-state index contributed by atoms with van der Waals surface area (Å²) >= 11 is 0. The second-order valence-corrected chi connectivity index (χ2v) is 17.5. The molecular formula is C37H43N6O7PS. The molecule has 0 spiro atoms. The van der Waals surface area contributed by atoms with Crippen molar-refractivity contribution in [3.63, 3.8) is 0 Å². The van der Waals surface area contributed by atoms with E-state index < -0.39 is 23.4 Å². The summed E-state index contributed by atoms with van der Waals surface area (Å²) in [5, 5.41) is 10.8. The summed E-state index contributed by atoms with van der Waals surface area (Å²) in [6.07, 6.45) is 2.65. The van der Waals surface area contributed by atoms with Crippen LogP contribution in [-0.2, 0) is 20.0 Å². The number of carbonyl (C=O) groups excluding carboxylic acids is 1. The van der Waals surface area contributed by atoms with Gasteiger partial charge in [-0.15, -0.1) is 0 Å². The van der Waals surface area contributed by atoms with Crippen molar-refractivity contribution in [1.82, 2.24) is 4.98 Å². The van der Waals surface area contributed by atoms with Crippen LogP contribution in [0.25, 0.3) is 10.8 Å². The molecule has 0 aliphatic rings. The van der Waals surface area contributed by atoms with Crippen molar-refractivity contribution in [3.8, 4) is 17.2 Å². The topological polar surface area (TPSA) is 171 Å². The average Bonchev–Trinajstić information content (AvgIpc) is 3.04. The number of pyridine rings is 1. The molecule has 13 nitrogen and oxygen atoms in total. The number of sulfonamides is 1. The molecule has 5 rings (SSSR count). The van der Waals surface area contributed by atoms with Gasteiger partial charge in [-0.1, -0.05) is 45.0 Å². The van der Waals surface area contributed by atoms with Gasteiger partial charge in [0.1, 0.15) is 17.3 Å². The molecule has 5 aromatic rings. The molecule has 0 saturated heterocycles. The van der Waals surface area contributed by atoms with Gasteiger partial charge in [0.15, 0.2) is 5.75 Å². The van der Waals surface area contributed by atoms with E-state index in [1.54, 1.807) is 65.7 Å². The number of nitrogens with one attached hydrogen (secondary N) is 4. The zero-order chi connectivity index (χ0) is 38.0. The Bertz CT molecular complexity index is 2300. The monoisotopic (exact) mass is 746 g/mol. The van der Waals surface area contributed by atoms with Gasteiger partial charge < -0.3 is 35.2 Å². The molecule has 1 heterocycles. The number of nitrogens with zero attached hydrogens (tertiary/aromatic N) is 2. The Morgan fingerprint density at radius 1 is 0.904 bits per heavy atom. The molecule has 274 valence electrons. The number of urea groups is 1. The van der Waals surface area contributed by atoms with Gasteiger partial charge in [0.05, 0.1) is 41.4 Å². The van der Waals surface area contributed by atoms with Crippen LogP contribution >= 0.6 is 7.37 Å². The van der Waals surface area contributed by atoms with Crippen LogP contribution in [0.3, 0.4) is 0 Å². The Kier molecular flexibility index (Phi) is 10.8. The number of methoxy groups -OCH3 is 1. The maximum atomic E-state index is 13.4. The summed E-state index contributed by atoms with van der Waals surface area (Å²) in [5.74, 6) is 1.71. The number of anilines is 6. The first-order chi connectivity index (χ1) is 24.3. The predicted octanol–water partition coefficient (Wildman–Crippen LogP) is 7.68. The van der Waals surface area contributed by atoms with E-state index in [1.165, 1.54) is 13.8 Å². The van der Waals surface area contributed by atoms with Gasteiger partial charge in [0.2, 0.25) is 17.4 Å². The van der Waals surface area contributed by atoms with E-state index >= 15 is 0 Å². The molecule has 0 bridgehead atoms. The first-order valence-electron chi connectivity index (χ1n) is 16.2. The smallest absolute Gasteiger partial charge is 0.323 e. The van der Waals surface area contributed by atoms with E-state index in [4.69, 9.17) is 9.47 Å². The molecule has 1 unspecified atom stereocenters. The highest BCUT2D eigenvalue weighted by Crippen LogP contribution is 2.41. The summed E-state index contributed by atoms with van der Waals surface area (Å²) in [5.41, 5.74) is 2.72. The number of hydrogen-bond acceptors (Lipinski definition) is 9. The minimum atomic E-state index is -3.64. The molecule has 5 N–H and O–H groups in total. The second-order valence-electron chi connectivity index (χ2n) is 13.5. The van der Waals surface area contributed by atoms with Gasteiger partial charge in [-0.3, -0.25) is 9.29 Å². The highest BCUT2D eigenvalue weighted by atomic mass is 32.2. The number of benzene rings is 4. The Hall–Kier alpha value is -5.30. The fraction of sp³-hybridized carbons (Fsp3) is 0.243. The SMILES string of the molecule is COc1c(NC(=O)Nc2ccc(Oc3ccnc(Nc4ccc(P(C)(=O)O)c(N(C)C)c4)c3)c3ccccc23)cc(C(C)(C)C)cc1NS(C)(=O)=O. The lowest BCUT2D eigenvalue weighted by Crippen LogP contribution is -2.22. The zero-order valence-electron chi connectivity index (χ0n) is 30.2. The third kappa shape index (κ3) is 9.13. The molecule has 2 amide bonds. The van der Waals surface area contributed by atoms with Crippen molar-refractivity contribution < 1.29 is 32.1 Å². The van der Waals surface area contributed by atoms with E-state index in [0.29, 0.717) is 45.1 Å². The Labute approximate surface area is 303 Å². The summed E-state index contributed by atoms with van der Waals surface area (Å²) < 4.78 is 51.0. The summed E-state index contributed by atoms with van der Waals surface area (Å²) in [7, 11) is -2.11. The first kappa shape index (κ1) is 37.9. The largest absolute Gasteiger partial charge is 0.492 e. The van der Waals surface area contributed by atoms with Gasteiger partial charge in [-0.05, 0) is 59.5 Å². The van der Waals surface area contributed by atoms with Crippen molar-refractivity contribution in [3.05, 3.63) is 90.6 Å². The first-order valence-corrected chi connectivity index (χ1v) is 20.2. The summed E-state index contributed by atoms with van der Waals surface area (Å²) in [6, 6.07) is 22.4. The Morgan fingerprint density at radius 2 is 1.58 bits per heavy atom. The van der Waals surface area contributed by atoms with Crippen LogP contribution in [0.1, 0.15) is 26.3 Å². The Balaban J connectivity index is 1.39. The molecule has 0 fully saturated rings. The van der Waals surface area contributed by atoms with E-state index in [9.17, 15) is 22.7 Å². The van der Waals surface area contributed by atoms with Crippen LogP contribution in [0.4, 0.5) is 39.0 Å². The van der Waals surface area contributed by atoms with Crippen LogP contribution in [0.2, 0.25) is 0 Å². The van der Waals surface area contributed by atoms with E-state index in [1.807, 2.05) is 59.1 Å². The van der Waals surface area contributed by atoms with E-state index in [-0.39, 0.29) is 22.5 Å². The number of amides is 2. The number of aromatic nitrogens is 1. The van der Waals surface area contributed by atoms with Gasteiger partial charge in [0.25, 0.3) is 0 Å². The van der Waals surface area contributed by atoms with E-state index in [0.717, 1.165) is 17.2 Å². The summed E-state index contributed by atoms with van der Waals surface area (Å²) in [4.78, 5) is 29.8. The fourth-order valence-electron chi connectivity index (χ4n) is 5.52. The highest BCUT2D eigenvalue weighted by Gasteiger charge is 2.23. The molecule has 1 aromatic heterocycles. The lowest BCUT2D eigenvalue weighted by atomic mass is 9.86. The van der Waals surface area contributed by atoms with Crippen molar-refractivity contribution in [2.45, 2.75) is 26.2 Å². The number of carbonyl (C=O) groups is 1. The van der Waals surface area contributed by atoms with E-state index in [2.05, 4.69) is 25.7 Å². The number of ether oxygens (including phenoxy) is 2. The minimum Gasteiger partial charge on any atom is -0.492 e. The predicted molar refractivity (Wildman–Crippen MR) is 210 cm³/mol. The van der Waals surface area contributed by atoms with Crippen molar-refractivity contribution in [2.75, 3.05) is 59.7 Å². The van der Waals surface area contributed by atoms with Crippen LogP contribution in [0, 0.1) is 0 Å². The van der Waals surface area contributed by atoms with Gasteiger partial charge >= 0.3 is 6.03 Å². The molecule has 4 aromatic carbocycles. The van der Waals surface area contributed by atoms with Gasteiger partial charge in [-0.2, -0.15) is 0 Å². The molecule has 0 aliphatic heterocycles. The lowest BCUT2D eigenvalue weighted by Gasteiger charge is -2.24. The number of fused-ring (bicyclic) bond motifs is 1. The third-order valence-corrected chi connectivity index (χ3v) is 9.83. The molecule has 1 atom stereocenters. The highest BCUT2D eigenvalue weighted by molar-refractivity contribution is 7.92. The lowest BCUT2D eigenvalue weighted by molar-refractivity contribution is 0.262. The van der Waals surface area contributed by atoms with Crippen molar-refractivity contribution in [2.24, 2.45) is 0 Å². The molecule has 0 radical (unpaired) electrons. The van der Waals surface area contributed by atoms with Crippen molar-refractivity contribution in [1.29, 1.82) is 0 Å². The number of rotatable bonds is 11. The van der Waals surface area contributed by atoms with Gasteiger partial charge in [0, 0.05) is 49.5 Å². The number of hydrogen-bond donors (Lipinski definition) is 5. The molecule has 52 heavy (non-hydrogen) atoms. The second kappa shape index (κ2) is 14.7. The van der Waals surface area contributed by atoms with Crippen LogP contribution in [-0.4, -0.2) is 58.5 Å². The molecule has 15 heteroatoms. The Morgan fingerprint density at radius 3 is 2.21 bits per heavy atom. The quantitative estimate of drug-likeness (QED) is 0.0845. The third-order valence-electron chi connectivity index (χ3n) is 7.97. The maximum Gasteiger partial charge on any atom is 0.323 e. The molecular weight excluding hydrogens is 703 g/mol. The van der Waals surface area contributed by atoms with Crippen LogP contribution in [0.5, 0.6) is 17.2 Å². The molecule has 0 saturated carbocycles. The van der Waals surface area contributed by atoms with Gasteiger partial charge in [-0.25, -0.2) is 18.2 Å². The normalized spacial score (nSPS) is 12.8. The van der Waals surface area contributed by atoms with Crippen LogP contribution < -0.4 is 40.4 Å². The molecule has 0 aliphatic carbocycles. The minimum absolute atomic E-state index is 0.167. The average molecular weight is 747 g/mol. The fourth-order valence-corrected chi connectivity index (χ4v) is 7.12.